The van der Waals surface area contributed by atoms with Crippen molar-refractivity contribution in [3.05, 3.63) is 54.6 Å². The molecule has 2 atom stereocenters. The minimum absolute atomic E-state index is 0.00577. The van der Waals surface area contributed by atoms with Crippen LogP contribution in [0.15, 0.2) is 49.1 Å². The highest BCUT2D eigenvalue weighted by Gasteiger charge is 2.50. The zero-order valence-corrected chi connectivity index (χ0v) is 11.5. The molecule has 2 aromatic rings. The van der Waals surface area contributed by atoms with Gasteiger partial charge in [-0.25, -0.2) is 4.98 Å². The number of rotatable bonds is 4. The summed E-state index contributed by atoms with van der Waals surface area (Å²) >= 11 is 0. The first-order valence-electron chi connectivity index (χ1n) is 6.97. The Hall–Kier alpha value is -2.10. The number of hydrogen-bond acceptors (Lipinski definition) is 3. The van der Waals surface area contributed by atoms with Crippen molar-refractivity contribution in [2.75, 3.05) is 0 Å². The Morgan fingerprint density at radius 2 is 2.20 bits per heavy atom. The largest absolute Gasteiger partial charge is 0.462 e. The van der Waals surface area contributed by atoms with E-state index in [1.807, 2.05) is 41.1 Å². The average Bonchev–Trinajstić information content (AvgIpc) is 3.09. The van der Waals surface area contributed by atoms with Crippen molar-refractivity contribution in [2.45, 2.75) is 37.8 Å². The van der Waals surface area contributed by atoms with Gasteiger partial charge >= 0.3 is 5.97 Å². The van der Waals surface area contributed by atoms with E-state index in [0.717, 1.165) is 18.4 Å². The van der Waals surface area contributed by atoms with Crippen molar-refractivity contribution in [1.82, 2.24) is 9.55 Å². The number of imidazole rings is 1. The molecule has 0 aliphatic carbocycles. The zero-order chi connectivity index (χ0) is 14.0. The Morgan fingerprint density at radius 1 is 1.40 bits per heavy atom. The number of benzene rings is 1. The Balaban J connectivity index is 2.01. The van der Waals surface area contributed by atoms with E-state index in [-0.39, 0.29) is 12.1 Å². The number of nitrogens with zero attached hydrogens (tertiary/aromatic N) is 2. The molecule has 0 saturated carbocycles. The number of ether oxygens (including phenoxy) is 1. The van der Waals surface area contributed by atoms with Crippen molar-refractivity contribution >= 4 is 5.97 Å². The molecule has 1 fully saturated rings. The minimum atomic E-state index is -0.595. The van der Waals surface area contributed by atoms with Gasteiger partial charge in [0, 0.05) is 25.4 Å². The van der Waals surface area contributed by atoms with Crippen LogP contribution in [0.1, 0.15) is 25.3 Å². The molecule has 1 aromatic heterocycles. The van der Waals surface area contributed by atoms with Gasteiger partial charge in [0.15, 0.2) is 0 Å². The fourth-order valence-electron chi connectivity index (χ4n) is 2.91. The molecule has 0 radical (unpaired) electrons. The summed E-state index contributed by atoms with van der Waals surface area (Å²) in [6.45, 7) is 2.63. The molecule has 1 aromatic carbocycles. The van der Waals surface area contributed by atoms with Crippen LogP contribution in [0, 0.1) is 0 Å². The molecule has 0 amide bonds. The van der Waals surface area contributed by atoms with Gasteiger partial charge in [0.2, 0.25) is 0 Å². The predicted octanol–water partition coefficient (Wildman–Crippen LogP) is 2.55. The number of carbonyl (C=O) groups is 1. The first-order valence-corrected chi connectivity index (χ1v) is 6.97. The number of cyclic esters (lactones) is 1. The van der Waals surface area contributed by atoms with Crippen molar-refractivity contribution < 1.29 is 9.53 Å². The fourth-order valence-corrected chi connectivity index (χ4v) is 2.91. The van der Waals surface area contributed by atoms with Gasteiger partial charge in [0.1, 0.15) is 11.5 Å². The molecule has 1 aliphatic rings. The van der Waals surface area contributed by atoms with Crippen LogP contribution in [0.25, 0.3) is 0 Å². The monoisotopic (exact) mass is 270 g/mol. The second kappa shape index (κ2) is 5.12. The van der Waals surface area contributed by atoms with E-state index in [1.54, 1.807) is 12.5 Å². The van der Waals surface area contributed by atoms with Crippen molar-refractivity contribution in [1.29, 1.82) is 0 Å². The van der Waals surface area contributed by atoms with Crippen LogP contribution in [-0.4, -0.2) is 21.6 Å². The molecule has 4 heteroatoms. The van der Waals surface area contributed by atoms with Crippen LogP contribution < -0.4 is 0 Å². The molecular weight excluding hydrogens is 252 g/mol. The molecule has 1 aliphatic heterocycles. The number of hydrogen-bond donors (Lipinski definition) is 0. The van der Waals surface area contributed by atoms with Gasteiger partial charge in [-0.1, -0.05) is 37.3 Å². The summed E-state index contributed by atoms with van der Waals surface area (Å²) in [5.74, 6) is -0.121. The van der Waals surface area contributed by atoms with Crippen molar-refractivity contribution in [2.24, 2.45) is 0 Å². The summed E-state index contributed by atoms with van der Waals surface area (Å²) in [4.78, 5) is 16.6. The second-order valence-electron chi connectivity index (χ2n) is 5.32. The van der Waals surface area contributed by atoms with Crippen LogP contribution >= 0.6 is 0 Å². The van der Waals surface area contributed by atoms with Gasteiger partial charge in [0.05, 0.1) is 6.33 Å². The van der Waals surface area contributed by atoms with Gasteiger partial charge in [-0.15, -0.1) is 0 Å². The van der Waals surface area contributed by atoms with E-state index in [0.29, 0.717) is 6.54 Å². The fraction of sp³-hybridized carbons (Fsp3) is 0.375. The maximum atomic E-state index is 12.5. The molecule has 20 heavy (non-hydrogen) atoms. The SMILES string of the molecule is CCC1CC(Cn2ccnc2)(c2ccccc2)C(=O)O1. The van der Waals surface area contributed by atoms with E-state index in [1.165, 1.54) is 0 Å². The third kappa shape index (κ3) is 2.11. The van der Waals surface area contributed by atoms with Crippen molar-refractivity contribution in [3.63, 3.8) is 0 Å². The topological polar surface area (TPSA) is 44.1 Å². The summed E-state index contributed by atoms with van der Waals surface area (Å²) in [6.07, 6.45) is 6.95. The molecule has 0 bridgehead atoms. The Labute approximate surface area is 118 Å². The Kier molecular flexibility index (Phi) is 3.30. The third-order valence-corrected chi connectivity index (χ3v) is 4.03. The molecule has 3 rings (SSSR count). The maximum Gasteiger partial charge on any atom is 0.318 e. The summed E-state index contributed by atoms with van der Waals surface area (Å²) in [7, 11) is 0. The lowest BCUT2D eigenvalue weighted by molar-refractivity contribution is -0.146. The number of carbonyl (C=O) groups excluding carboxylic acids is 1. The quantitative estimate of drug-likeness (QED) is 0.802. The summed E-state index contributed by atoms with van der Waals surface area (Å²) in [6, 6.07) is 9.92. The Bertz CT molecular complexity index is 580. The Morgan fingerprint density at radius 3 is 2.80 bits per heavy atom. The molecule has 1 saturated heterocycles. The lowest BCUT2D eigenvalue weighted by atomic mass is 9.77. The lowest BCUT2D eigenvalue weighted by Gasteiger charge is -2.25. The molecular formula is C16H18N2O2. The molecule has 4 nitrogen and oxygen atoms in total. The van der Waals surface area contributed by atoms with Gasteiger partial charge < -0.3 is 9.30 Å². The van der Waals surface area contributed by atoms with Crippen LogP contribution in [0.3, 0.4) is 0 Å². The summed E-state index contributed by atoms with van der Waals surface area (Å²) in [5, 5.41) is 0. The smallest absolute Gasteiger partial charge is 0.318 e. The molecule has 104 valence electrons. The van der Waals surface area contributed by atoms with Gasteiger partial charge in [-0.05, 0) is 12.0 Å². The molecule has 0 N–H and O–H groups in total. The van der Waals surface area contributed by atoms with E-state index < -0.39 is 5.41 Å². The van der Waals surface area contributed by atoms with Gasteiger partial charge in [-0.3, -0.25) is 4.79 Å². The standard InChI is InChI=1S/C16H18N2O2/c1-2-14-10-16(15(19)20-14,11-18-9-8-17-12-18)13-6-4-3-5-7-13/h3-9,12,14H,2,10-11H2,1H3. The normalized spacial score (nSPS) is 25.6. The number of aromatic nitrogens is 2. The highest BCUT2D eigenvalue weighted by molar-refractivity contribution is 5.85. The van der Waals surface area contributed by atoms with Gasteiger partial charge in [0.25, 0.3) is 0 Å². The lowest BCUT2D eigenvalue weighted by Crippen LogP contribution is -2.36. The van der Waals surface area contributed by atoms with Crippen molar-refractivity contribution in [3.8, 4) is 0 Å². The number of esters is 1. The van der Waals surface area contributed by atoms with Gasteiger partial charge in [-0.2, -0.15) is 0 Å². The van der Waals surface area contributed by atoms with E-state index in [2.05, 4.69) is 11.9 Å². The molecule has 0 spiro atoms. The highest BCUT2D eigenvalue weighted by Crippen LogP contribution is 2.40. The molecule has 2 heterocycles. The van der Waals surface area contributed by atoms with E-state index >= 15 is 0 Å². The minimum Gasteiger partial charge on any atom is -0.462 e. The van der Waals surface area contributed by atoms with E-state index in [9.17, 15) is 4.79 Å². The predicted molar refractivity (Wildman–Crippen MR) is 75.1 cm³/mol. The third-order valence-electron chi connectivity index (χ3n) is 4.03. The highest BCUT2D eigenvalue weighted by atomic mass is 16.6. The first-order chi connectivity index (χ1) is 9.74. The van der Waals surface area contributed by atoms with E-state index in [4.69, 9.17) is 4.74 Å². The molecule has 2 unspecified atom stereocenters. The van der Waals surface area contributed by atoms with Crippen LogP contribution in [-0.2, 0) is 21.5 Å². The first kappa shape index (κ1) is 12.9. The van der Waals surface area contributed by atoms with Crippen LogP contribution in [0.4, 0.5) is 0 Å². The van der Waals surface area contributed by atoms with Crippen LogP contribution in [0.2, 0.25) is 0 Å². The van der Waals surface area contributed by atoms with Crippen LogP contribution in [0.5, 0.6) is 0 Å². The second-order valence-corrected chi connectivity index (χ2v) is 5.32. The summed E-state index contributed by atoms with van der Waals surface area (Å²) in [5.41, 5.74) is 0.428. The zero-order valence-electron chi connectivity index (χ0n) is 11.5. The maximum absolute atomic E-state index is 12.5. The average molecular weight is 270 g/mol. The summed E-state index contributed by atoms with van der Waals surface area (Å²) < 4.78 is 7.51.